The molecule has 4 nitrogen and oxygen atoms in total. The van der Waals surface area contributed by atoms with Crippen LogP contribution in [0.5, 0.6) is 0 Å². The monoisotopic (exact) mass is 283 g/mol. The van der Waals surface area contributed by atoms with Crippen LogP contribution in [-0.2, 0) is 9.59 Å². The summed E-state index contributed by atoms with van der Waals surface area (Å²) < 4.78 is 0. The highest BCUT2D eigenvalue weighted by molar-refractivity contribution is 6.22. The van der Waals surface area contributed by atoms with Crippen LogP contribution in [0.25, 0.3) is 0 Å². The molecule has 0 saturated carbocycles. The molecule has 2 unspecified atom stereocenters. The molecule has 3 rings (SSSR count). The number of carbonyl (C=O) groups excluding carboxylic acids is 3. The van der Waals surface area contributed by atoms with Gasteiger partial charge in [-0.1, -0.05) is 23.8 Å². The Morgan fingerprint density at radius 3 is 2.62 bits per heavy atom. The van der Waals surface area contributed by atoms with Crippen LogP contribution >= 0.6 is 0 Å². The quantitative estimate of drug-likeness (QED) is 0.476. The third-order valence-electron chi connectivity index (χ3n) is 4.33. The molecule has 2 atom stereocenters. The number of fused-ring (bicyclic) bond motifs is 1. The molecule has 0 N–H and O–H groups in total. The Balaban J connectivity index is 1.97. The van der Waals surface area contributed by atoms with Gasteiger partial charge < -0.3 is 0 Å². The topological polar surface area (TPSA) is 54.5 Å². The van der Waals surface area contributed by atoms with Crippen LogP contribution in [0.2, 0.25) is 0 Å². The molecule has 0 spiro atoms. The van der Waals surface area contributed by atoms with Crippen LogP contribution in [0, 0.1) is 11.8 Å². The number of hydrogen-bond acceptors (Lipinski definition) is 3. The van der Waals surface area contributed by atoms with Gasteiger partial charge in [0.25, 0.3) is 0 Å². The Kier molecular flexibility index (Phi) is 3.24. The number of carbonyl (C=O) groups is 3. The first kappa shape index (κ1) is 13.7. The standard InChI is InChI=1S/C17H17NO3/c1-10-6-7-14-15(8-10)17(21)18(16(14)20)13-5-3-4-12(9-13)11(2)19/h3-6,9,14-15H,7-8H2,1-2H3. The van der Waals surface area contributed by atoms with E-state index >= 15 is 0 Å². The Bertz CT molecular complexity index is 674. The van der Waals surface area contributed by atoms with Crippen LogP contribution in [0.15, 0.2) is 35.9 Å². The van der Waals surface area contributed by atoms with E-state index in [-0.39, 0.29) is 29.4 Å². The van der Waals surface area contributed by atoms with Gasteiger partial charge in [-0.05, 0) is 38.8 Å². The Hall–Kier alpha value is -2.23. The second-order valence-corrected chi connectivity index (χ2v) is 5.82. The minimum Gasteiger partial charge on any atom is -0.295 e. The van der Waals surface area contributed by atoms with Crippen LogP contribution in [0.3, 0.4) is 0 Å². The van der Waals surface area contributed by atoms with E-state index in [4.69, 9.17) is 0 Å². The molecule has 4 heteroatoms. The Morgan fingerprint density at radius 1 is 1.19 bits per heavy atom. The van der Waals surface area contributed by atoms with Gasteiger partial charge in [0.2, 0.25) is 11.8 Å². The van der Waals surface area contributed by atoms with Crippen molar-refractivity contribution < 1.29 is 14.4 Å². The van der Waals surface area contributed by atoms with Crippen molar-refractivity contribution in [3.8, 4) is 0 Å². The van der Waals surface area contributed by atoms with Gasteiger partial charge in [0.15, 0.2) is 5.78 Å². The molecule has 108 valence electrons. The van der Waals surface area contributed by atoms with Crippen molar-refractivity contribution in [3.63, 3.8) is 0 Å². The number of hydrogen-bond donors (Lipinski definition) is 0. The molecule has 0 aromatic heterocycles. The van der Waals surface area contributed by atoms with E-state index in [1.54, 1.807) is 24.3 Å². The van der Waals surface area contributed by atoms with E-state index < -0.39 is 0 Å². The third-order valence-corrected chi connectivity index (χ3v) is 4.33. The average molecular weight is 283 g/mol. The fourth-order valence-corrected chi connectivity index (χ4v) is 3.16. The highest BCUT2D eigenvalue weighted by atomic mass is 16.2. The van der Waals surface area contributed by atoms with Crippen molar-refractivity contribution in [2.24, 2.45) is 11.8 Å². The lowest BCUT2D eigenvalue weighted by molar-refractivity contribution is -0.122. The predicted octanol–water partition coefficient (Wildman–Crippen LogP) is 2.73. The van der Waals surface area contributed by atoms with Crippen molar-refractivity contribution >= 4 is 23.3 Å². The van der Waals surface area contributed by atoms with Gasteiger partial charge in [-0.3, -0.25) is 19.3 Å². The minimum atomic E-state index is -0.248. The molecular weight excluding hydrogens is 266 g/mol. The zero-order valence-electron chi connectivity index (χ0n) is 12.1. The van der Waals surface area contributed by atoms with Gasteiger partial charge in [0.05, 0.1) is 17.5 Å². The molecule has 1 aromatic rings. The number of allylic oxidation sites excluding steroid dienone is 2. The smallest absolute Gasteiger partial charge is 0.238 e. The molecule has 1 aromatic carbocycles. The van der Waals surface area contributed by atoms with Crippen LogP contribution in [-0.4, -0.2) is 17.6 Å². The maximum atomic E-state index is 12.6. The number of anilines is 1. The molecule has 1 heterocycles. The van der Waals surface area contributed by atoms with E-state index in [2.05, 4.69) is 0 Å². The van der Waals surface area contributed by atoms with Gasteiger partial charge in [-0.2, -0.15) is 0 Å². The maximum absolute atomic E-state index is 12.6. The van der Waals surface area contributed by atoms with E-state index in [1.165, 1.54) is 11.8 Å². The molecule has 1 saturated heterocycles. The lowest BCUT2D eigenvalue weighted by Gasteiger charge is -2.18. The van der Waals surface area contributed by atoms with Crippen molar-refractivity contribution in [1.82, 2.24) is 0 Å². The van der Waals surface area contributed by atoms with E-state index in [1.807, 2.05) is 13.0 Å². The summed E-state index contributed by atoms with van der Waals surface area (Å²) >= 11 is 0. The summed E-state index contributed by atoms with van der Waals surface area (Å²) in [4.78, 5) is 37.8. The molecule has 1 fully saturated rings. The van der Waals surface area contributed by atoms with E-state index in [9.17, 15) is 14.4 Å². The number of ketones is 1. The number of rotatable bonds is 2. The highest BCUT2D eigenvalue weighted by Crippen LogP contribution is 2.39. The van der Waals surface area contributed by atoms with Crippen LogP contribution < -0.4 is 4.90 Å². The SMILES string of the molecule is CC(=O)c1cccc(N2C(=O)C3CC=C(C)CC3C2=O)c1. The first-order chi connectivity index (χ1) is 9.99. The fourth-order valence-electron chi connectivity index (χ4n) is 3.16. The lowest BCUT2D eigenvalue weighted by Crippen LogP contribution is -2.31. The summed E-state index contributed by atoms with van der Waals surface area (Å²) in [6.07, 6.45) is 3.32. The van der Waals surface area contributed by atoms with Crippen LogP contribution in [0.1, 0.15) is 37.0 Å². The number of Topliss-reactive ketones (excluding diaryl/α,β-unsaturated/α-hetero) is 1. The van der Waals surface area contributed by atoms with Crippen molar-refractivity contribution in [2.45, 2.75) is 26.7 Å². The fraction of sp³-hybridized carbons (Fsp3) is 0.353. The van der Waals surface area contributed by atoms with Gasteiger partial charge in [0, 0.05) is 5.56 Å². The summed E-state index contributed by atoms with van der Waals surface area (Å²) in [5, 5.41) is 0. The van der Waals surface area contributed by atoms with E-state index in [0.717, 1.165) is 5.57 Å². The molecule has 0 radical (unpaired) electrons. The molecule has 0 bridgehead atoms. The Labute approximate surface area is 123 Å². The summed E-state index contributed by atoms with van der Waals surface area (Å²) in [5.74, 6) is -0.857. The molecule has 1 aliphatic heterocycles. The largest absolute Gasteiger partial charge is 0.295 e. The highest BCUT2D eigenvalue weighted by Gasteiger charge is 2.48. The molecule has 1 aliphatic carbocycles. The van der Waals surface area contributed by atoms with Gasteiger partial charge in [0.1, 0.15) is 0 Å². The van der Waals surface area contributed by atoms with Gasteiger partial charge in [-0.15, -0.1) is 0 Å². The van der Waals surface area contributed by atoms with Gasteiger partial charge >= 0.3 is 0 Å². The first-order valence-corrected chi connectivity index (χ1v) is 7.13. The second kappa shape index (κ2) is 4.95. The number of benzene rings is 1. The summed E-state index contributed by atoms with van der Waals surface area (Å²) in [6, 6.07) is 6.73. The maximum Gasteiger partial charge on any atom is 0.238 e. The summed E-state index contributed by atoms with van der Waals surface area (Å²) in [5.41, 5.74) is 2.18. The number of imide groups is 1. The summed E-state index contributed by atoms with van der Waals surface area (Å²) in [7, 11) is 0. The van der Waals surface area contributed by atoms with Gasteiger partial charge in [-0.25, -0.2) is 0 Å². The minimum absolute atomic E-state index is 0.0779. The third kappa shape index (κ3) is 2.20. The normalized spacial score (nSPS) is 24.9. The van der Waals surface area contributed by atoms with Crippen molar-refractivity contribution in [3.05, 3.63) is 41.5 Å². The zero-order valence-corrected chi connectivity index (χ0v) is 12.1. The predicted molar refractivity (Wildman–Crippen MR) is 78.9 cm³/mol. The Morgan fingerprint density at radius 2 is 1.90 bits per heavy atom. The molecule has 2 amide bonds. The average Bonchev–Trinajstić information content (AvgIpc) is 2.70. The second-order valence-electron chi connectivity index (χ2n) is 5.82. The number of amides is 2. The molecular formula is C17H17NO3. The van der Waals surface area contributed by atoms with Crippen LogP contribution in [0.4, 0.5) is 5.69 Å². The lowest BCUT2D eigenvalue weighted by atomic mass is 9.82. The number of nitrogens with zero attached hydrogens (tertiary/aromatic N) is 1. The molecule has 21 heavy (non-hydrogen) atoms. The van der Waals surface area contributed by atoms with Crippen molar-refractivity contribution in [2.75, 3.05) is 4.90 Å². The summed E-state index contributed by atoms with van der Waals surface area (Å²) in [6.45, 7) is 3.47. The zero-order chi connectivity index (χ0) is 15.1. The van der Waals surface area contributed by atoms with E-state index in [0.29, 0.717) is 24.1 Å². The first-order valence-electron chi connectivity index (χ1n) is 7.13. The molecule has 2 aliphatic rings. The van der Waals surface area contributed by atoms with Crippen molar-refractivity contribution in [1.29, 1.82) is 0 Å².